The van der Waals surface area contributed by atoms with Crippen LogP contribution in [0.3, 0.4) is 0 Å². The van der Waals surface area contributed by atoms with Crippen molar-refractivity contribution in [3.8, 4) is 0 Å². The molecule has 0 heterocycles. The lowest BCUT2D eigenvalue weighted by atomic mass is 10.0. The number of thioether (sulfide) groups is 1. The third-order valence-corrected chi connectivity index (χ3v) is 3.44. The van der Waals surface area contributed by atoms with Crippen LogP contribution < -0.4 is 10.6 Å². The van der Waals surface area contributed by atoms with E-state index in [9.17, 15) is 9.59 Å². The zero-order valence-electron chi connectivity index (χ0n) is 11.5. The summed E-state index contributed by atoms with van der Waals surface area (Å²) in [6.45, 7) is 1.07. The van der Waals surface area contributed by atoms with Gasteiger partial charge in [-0.3, -0.25) is 0 Å². The molecular formula is C14H20N2O3S. The molecule has 110 valence electrons. The molecule has 0 fully saturated rings. The predicted octanol–water partition coefficient (Wildman–Crippen LogP) is 1.98. The lowest BCUT2D eigenvalue weighted by Crippen LogP contribution is -2.37. The highest BCUT2D eigenvalue weighted by Gasteiger charge is 2.08. The van der Waals surface area contributed by atoms with Crippen molar-refractivity contribution in [2.24, 2.45) is 0 Å². The van der Waals surface area contributed by atoms with Gasteiger partial charge in [0.25, 0.3) is 0 Å². The fraction of sp³-hybridized carbons (Fsp3) is 0.429. The van der Waals surface area contributed by atoms with Crippen LogP contribution >= 0.6 is 11.8 Å². The van der Waals surface area contributed by atoms with Crippen molar-refractivity contribution in [3.63, 3.8) is 0 Å². The van der Waals surface area contributed by atoms with Crippen molar-refractivity contribution in [1.82, 2.24) is 10.6 Å². The van der Waals surface area contributed by atoms with Gasteiger partial charge in [-0.1, -0.05) is 18.2 Å². The van der Waals surface area contributed by atoms with Gasteiger partial charge in [0.05, 0.1) is 5.56 Å². The molecule has 0 saturated heterocycles. The zero-order valence-corrected chi connectivity index (χ0v) is 12.3. The van der Waals surface area contributed by atoms with E-state index in [1.54, 1.807) is 36.0 Å². The first-order valence-corrected chi connectivity index (χ1v) is 7.86. The number of hydrogen-bond acceptors (Lipinski definition) is 3. The molecule has 5 nitrogen and oxygen atoms in total. The van der Waals surface area contributed by atoms with E-state index in [2.05, 4.69) is 10.6 Å². The second-order valence-electron chi connectivity index (χ2n) is 4.24. The largest absolute Gasteiger partial charge is 0.478 e. The molecule has 0 aromatic heterocycles. The maximum absolute atomic E-state index is 11.5. The van der Waals surface area contributed by atoms with Crippen LogP contribution in [0, 0.1) is 0 Å². The Morgan fingerprint density at radius 3 is 2.60 bits per heavy atom. The minimum atomic E-state index is -0.942. The van der Waals surface area contributed by atoms with E-state index in [0.717, 1.165) is 17.7 Å². The van der Waals surface area contributed by atoms with Crippen LogP contribution in [0.5, 0.6) is 0 Å². The summed E-state index contributed by atoms with van der Waals surface area (Å²) in [6, 6.07) is 6.61. The van der Waals surface area contributed by atoms with Crippen LogP contribution in [-0.2, 0) is 6.42 Å². The summed E-state index contributed by atoms with van der Waals surface area (Å²) in [7, 11) is 0. The number of carbonyl (C=O) groups is 2. The summed E-state index contributed by atoms with van der Waals surface area (Å²) in [5.74, 6) is 0.0776. The summed E-state index contributed by atoms with van der Waals surface area (Å²) >= 11 is 1.75. The van der Waals surface area contributed by atoms with Crippen LogP contribution in [-0.4, -0.2) is 42.2 Å². The first-order valence-electron chi connectivity index (χ1n) is 6.47. The number of carboxylic acid groups (broad SMARTS) is 1. The standard InChI is InChI=1S/C14H20N2O3S/c1-20-10-4-8-15-14(19)16-9-7-11-5-2-3-6-12(11)13(17)18/h2-3,5-6H,4,7-10H2,1H3,(H,17,18)(H2,15,16,19). The Balaban J connectivity index is 2.30. The van der Waals surface area contributed by atoms with Crippen molar-refractivity contribution in [2.45, 2.75) is 12.8 Å². The SMILES string of the molecule is CSCCCNC(=O)NCCc1ccccc1C(=O)O. The van der Waals surface area contributed by atoms with Crippen LogP contribution in [0.15, 0.2) is 24.3 Å². The Kier molecular flexibility index (Phi) is 7.57. The number of hydrogen-bond donors (Lipinski definition) is 3. The number of aromatic carboxylic acids is 1. The molecule has 0 atom stereocenters. The second kappa shape index (κ2) is 9.25. The van der Waals surface area contributed by atoms with Crippen LogP contribution in [0.25, 0.3) is 0 Å². The van der Waals surface area contributed by atoms with Gasteiger partial charge in [-0.15, -0.1) is 0 Å². The fourth-order valence-corrected chi connectivity index (χ4v) is 2.17. The molecule has 3 N–H and O–H groups in total. The smallest absolute Gasteiger partial charge is 0.335 e. The van der Waals surface area contributed by atoms with Crippen molar-refractivity contribution >= 4 is 23.8 Å². The summed E-state index contributed by atoms with van der Waals surface area (Å²) in [4.78, 5) is 22.5. The number of amides is 2. The van der Waals surface area contributed by atoms with Gasteiger partial charge in [-0.05, 0) is 36.5 Å². The monoisotopic (exact) mass is 296 g/mol. The topological polar surface area (TPSA) is 78.4 Å². The molecule has 0 aliphatic carbocycles. The van der Waals surface area contributed by atoms with Crippen LogP contribution in [0.4, 0.5) is 4.79 Å². The third kappa shape index (κ3) is 5.97. The quantitative estimate of drug-likeness (QED) is 0.641. The van der Waals surface area contributed by atoms with Crippen molar-refractivity contribution in [1.29, 1.82) is 0 Å². The highest BCUT2D eigenvalue weighted by molar-refractivity contribution is 7.98. The molecule has 6 heteroatoms. The summed E-state index contributed by atoms with van der Waals surface area (Å²) in [5, 5.41) is 14.5. The summed E-state index contributed by atoms with van der Waals surface area (Å²) in [5.41, 5.74) is 1.01. The number of benzene rings is 1. The van der Waals surface area contributed by atoms with Gasteiger partial charge >= 0.3 is 12.0 Å². The molecule has 0 radical (unpaired) electrons. The van der Waals surface area contributed by atoms with E-state index in [-0.39, 0.29) is 11.6 Å². The Morgan fingerprint density at radius 1 is 1.20 bits per heavy atom. The summed E-state index contributed by atoms with van der Waals surface area (Å²) < 4.78 is 0. The number of nitrogens with one attached hydrogen (secondary N) is 2. The first-order chi connectivity index (χ1) is 9.65. The molecule has 0 saturated carbocycles. The molecule has 0 bridgehead atoms. The molecule has 1 aromatic carbocycles. The van der Waals surface area contributed by atoms with Gasteiger partial charge in [-0.25, -0.2) is 9.59 Å². The fourth-order valence-electron chi connectivity index (χ4n) is 1.74. The first kappa shape index (κ1) is 16.4. The van der Waals surface area contributed by atoms with E-state index in [4.69, 9.17) is 5.11 Å². The molecule has 0 aliphatic heterocycles. The van der Waals surface area contributed by atoms with Gasteiger partial charge in [-0.2, -0.15) is 11.8 Å². The van der Waals surface area contributed by atoms with Crippen molar-refractivity contribution < 1.29 is 14.7 Å². The second-order valence-corrected chi connectivity index (χ2v) is 5.23. The van der Waals surface area contributed by atoms with E-state index in [1.807, 2.05) is 6.26 Å². The molecular weight excluding hydrogens is 276 g/mol. The number of urea groups is 1. The van der Waals surface area contributed by atoms with Crippen molar-refractivity contribution in [2.75, 3.05) is 25.1 Å². The van der Waals surface area contributed by atoms with E-state index < -0.39 is 5.97 Å². The molecule has 2 amide bonds. The van der Waals surface area contributed by atoms with E-state index in [1.165, 1.54) is 0 Å². The minimum Gasteiger partial charge on any atom is -0.478 e. The molecule has 1 aromatic rings. The molecule has 1 rings (SSSR count). The third-order valence-electron chi connectivity index (χ3n) is 2.74. The number of carboxylic acids is 1. The zero-order chi connectivity index (χ0) is 14.8. The van der Waals surface area contributed by atoms with E-state index >= 15 is 0 Å². The molecule has 0 aliphatic rings. The average molecular weight is 296 g/mol. The Labute approximate surface area is 123 Å². The van der Waals surface area contributed by atoms with Gasteiger partial charge < -0.3 is 15.7 Å². The van der Waals surface area contributed by atoms with E-state index in [0.29, 0.717) is 19.5 Å². The predicted molar refractivity (Wildman–Crippen MR) is 81.5 cm³/mol. The molecule has 0 unspecified atom stereocenters. The Bertz CT molecular complexity index is 452. The molecule has 0 spiro atoms. The maximum atomic E-state index is 11.5. The highest BCUT2D eigenvalue weighted by Crippen LogP contribution is 2.08. The minimum absolute atomic E-state index is 0.209. The summed E-state index contributed by atoms with van der Waals surface area (Å²) in [6.07, 6.45) is 3.47. The van der Waals surface area contributed by atoms with Crippen LogP contribution in [0.1, 0.15) is 22.3 Å². The lowest BCUT2D eigenvalue weighted by Gasteiger charge is -2.08. The van der Waals surface area contributed by atoms with Gasteiger partial charge in [0.2, 0.25) is 0 Å². The number of rotatable bonds is 8. The highest BCUT2D eigenvalue weighted by atomic mass is 32.2. The molecule has 20 heavy (non-hydrogen) atoms. The van der Waals surface area contributed by atoms with Gasteiger partial charge in [0, 0.05) is 13.1 Å². The van der Waals surface area contributed by atoms with Gasteiger partial charge in [0.1, 0.15) is 0 Å². The van der Waals surface area contributed by atoms with Gasteiger partial charge in [0.15, 0.2) is 0 Å². The average Bonchev–Trinajstić information content (AvgIpc) is 2.44. The van der Waals surface area contributed by atoms with Crippen molar-refractivity contribution in [3.05, 3.63) is 35.4 Å². The normalized spacial score (nSPS) is 10.1. The van der Waals surface area contributed by atoms with Crippen LogP contribution in [0.2, 0.25) is 0 Å². The lowest BCUT2D eigenvalue weighted by molar-refractivity contribution is 0.0695. The number of carbonyl (C=O) groups excluding carboxylic acids is 1. The Morgan fingerprint density at radius 2 is 1.90 bits per heavy atom. The maximum Gasteiger partial charge on any atom is 0.335 e. The Hall–Kier alpha value is -1.69.